The van der Waals surface area contributed by atoms with E-state index in [0.717, 1.165) is 11.3 Å². The van der Waals surface area contributed by atoms with Gasteiger partial charge in [-0.25, -0.2) is 0 Å². The number of nitrogens with two attached hydrogens (primary N) is 1. The predicted octanol–water partition coefficient (Wildman–Crippen LogP) is 3.31. The summed E-state index contributed by atoms with van der Waals surface area (Å²) in [5.74, 6) is -0.263. The first-order valence-corrected chi connectivity index (χ1v) is 6.50. The molecule has 7 heteroatoms. The van der Waals surface area contributed by atoms with E-state index in [1.807, 2.05) is 0 Å². The molecule has 0 atom stereocenters. The van der Waals surface area contributed by atoms with Crippen LogP contribution in [0.1, 0.15) is 10.4 Å². The number of anilines is 2. The van der Waals surface area contributed by atoms with Gasteiger partial charge in [0.25, 0.3) is 5.91 Å². The first-order chi connectivity index (χ1) is 8.50. The summed E-state index contributed by atoms with van der Waals surface area (Å²) >= 11 is 12.9. The van der Waals surface area contributed by atoms with E-state index < -0.39 is 0 Å². The number of carbonyl (C=O) groups excluding carboxylic acids is 1. The molecule has 0 spiro atoms. The van der Waals surface area contributed by atoms with Crippen LogP contribution in [0.2, 0.25) is 8.67 Å². The number of nitrogens with zero attached hydrogens (tertiary/aromatic N) is 2. The molecular weight excluding hydrogens is 293 g/mol. The van der Waals surface area contributed by atoms with Gasteiger partial charge >= 0.3 is 0 Å². The van der Waals surface area contributed by atoms with Crippen molar-refractivity contribution in [3.63, 3.8) is 0 Å². The summed E-state index contributed by atoms with van der Waals surface area (Å²) in [7, 11) is 1.62. The summed E-state index contributed by atoms with van der Waals surface area (Å²) < 4.78 is 0.837. The molecule has 0 saturated heterocycles. The van der Waals surface area contributed by atoms with Crippen molar-refractivity contribution in [2.24, 2.45) is 0 Å². The fourth-order valence-corrected chi connectivity index (χ4v) is 2.93. The minimum Gasteiger partial charge on any atom is -0.396 e. The van der Waals surface area contributed by atoms with Crippen LogP contribution in [0.25, 0.3) is 0 Å². The number of hydrogen-bond acceptors (Lipinski definition) is 4. The monoisotopic (exact) mass is 301 g/mol. The van der Waals surface area contributed by atoms with Crippen molar-refractivity contribution in [1.29, 1.82) is 0 Å². The molecule has 1 amide bonds. The second kappa shape index (κ2) is 5.14. The Bertz CT molecular complexity index is 600. The summed E-state index contributed by atoms with van der Waals surface area (Å²) in [5.41, 5.74) is 7.13. The molecule has 18 heavy (non-hydrogen) atoms. The molecule has 2 aromatic rings. The molecule has 4 nitrogen and oxygen atoms in total. The minimum atomic E-state index is -0.263. The molecule has 2 N–H and O–H groups in total. The average Bonchev–Trinajstić information content (AvgIpc) is 2.67. The molecule has 2 aromatic heterocycles. The zero-order valence-electron chi connectivity index (χ0n) is 9.35. The number of aromatic nitrogens is 1. The quantitative estimate of drug-likeness (QED) is 0.926. The van der Waals surface area contributed by atoms with Gasteiger partial charge in [0.2, 0.25) is 0 Å². The first-order valence-electron chi connectivity index (χ1n) is 4.93. The molecule has 0 bridgehead atoms. The van der Waals surface area contributed by atoms with E-state index in [0.29, 0.717) is 25.6 Å². The smallest absolute Gasteiger partial charge is 0.260 e. The van der Waals surface area contributed by atoms with Crippen molar-refractivity contribution in [2.45, 2.75) is 0 Å². The van der Waals surface area contributed by atoms with Crippen LogP contribution < -0.4 is 10.6 Å². The largest absolute Gasteiger partial charge is 0.396 e. The number of amides is 1. The van der Waals surface area contributed by atoms with Crippen LogP contribution in [0.4, 0.5) is 11.4 Å². The van der Waals surface area contributed by atoms with E-state index in [4.69, 9.17) is 28.9 Å². The van der Waals surface area contributed by atoms with Gasteiger partial charge in [-0.15, -0.1) is 11.3 Å². The van der Waals surface area contributed by atoms with E-state index in [9.17, 15) is 4.79 Å². The zero-order chi connectivity index (χ0) is 13.3. The summed E-state index contributed by atoms with van der Waals surface area (Å²) in [6, 6.07) is 3.21. The lowest BCUT2D eigenvalue weighted by molar-refractivity contribution is 0.0993. The zero-order valence-corrected chi connectivity index (χ0v) is 11.7. The molecule has 2 heterocycles. The number of rotatable bonds is 2. The average molecular weight is 302 g/mol. The Kier molecular flexibility index (Phi) is 3.75. The van der Waals surface area contributed by atoms with Gasteiger partial charge in [-0.2, -0.15) is 0 Å². The Balaban J connectivity index is 2.35. The third kappa shape index (κ3) is 2.43. The summed E-state index contributed by atoms with van der Waals surface area (Å²) in [6.07, 6.45) is 3.05. The van der Waals surface area contributed by atoms with Crippen molar-refractivity contribution in [3.05, 3.63) is 38.8 Å². The van der Waals surface area contributed by atoms with E-state index in [1.54, 1.807) is 25.4 Å². The van der Waals surface area contributed by atoms with Gasteiger partial charge in [0.1, 0.15) is 4.34 Å². The third-order valence-corrected chi connectivity index (χ3v) is 3.87. The third-order valence-electron chi connectivity index (χ3n) is 2.38. The molecule has 0 saturated carbocycles. The van der Waals surface area contributed by atoms with E-state index in [-0.39, 0.29) is 5.91 Å². The second-order valence-electron chi connectivity index (χ2n) is 3.54. The number of nitrogen functional groups attached to an aromatic ring is 1. The highest BCUT2D eigenvalue weighted by molar-refractivity contribution is 7.20. The summed E-state index contributed by atoms with van der Waals surface area (Å²) in [5, 5.41) is 0. The lowest BCUT2D eigenvalue weighted by Crippen LogP contribution is -2.26. The number of halogens is 2. The minimum absolute atomic E-state index is 0.263. The standard InChI is InChI=1S/C11H9Cl2N3OS/c1-16(8-2-3-15-5-7(8)14)11(17)6-4-9(12)18-10(6)13/h2-5H,14H2,1H3. The van der Waals surface area contributed by atoms with Crippen molar-refractivity contribution >= 4 is 51.8 Å². The number of carbonyl (C=O) groups is 1. The van der Waals surface area contributed by atoms with Gasteiger partial charge < -0.3 is 10.6 Å². The van der Waals surface area contributed by atoms with Crippen LogP contribution >= 0.6 is 34.5 Å². The fraction of sp³-hybridized carbons (Fsp3) is 0.0909. The van der Waals surface area contributed by atoms with Gasteiger partial charge in [0, 0.05) is 13.2 Å². The Morgan fingerprint density at radius 3 is 2.78 bits per heavy atom. The van der Waals surface area contributed by atoms with Crippen molar-refractivity contribution in [3.8, 4) is 0 Å². The second-order valence-corrected chi connectivity index (χ2v) is 5.82. The topological polar surface area (TPSA) is 59.2 Å². The molecule has 2 rings (SSSR count). The highest BCUT2D eigenvalue weighted by Crippen LogP contribution is 2.33. The van der Waals surface area contributed by atoms with Crippen LogP contribution in [0.15, 0.2) is 24.5 Å². The van der Waals surface area contributed by atoms with E-state index >= 15 is 0 Å². The normalized spacial score (nSPS) is 10.4. The lowest BCUT2D eigenvalue weighted by Gasteiger charge is -2.18. The number of thiophene rings is 1. The Morgan fingerprint density at radius 2 is 2.22 bits per heavy atom. The molecule has 0 aromatic carbocycles. The number of pyridine rings is 1. The lowest BCUT2D eigenvalue weighted by atomic mass is 10.2. The van der Waals surface area contributed by atoms with E-state index in [2.05, 4.69) is 4.98 Å². The Hall–Kier alpha value is -1.30. The number of hydrogen-bond donors (Lipinski definition) is 1. The molecule has 0 aliphatic rings. The molecule has 0 aliphatic heterocycles. The highest BCUT2D eigenvalue weighted by atomic mass is 35.5. The van der Waals surface area contributed by atoms with Gasteiger partial charge in [-0.1, -0.05) is 23.2 Å². The van der Waals surface area contributed by atoms with Crippen LogP contribution in [0.3, 0.4) is 0 Å². The molecule has 0 unspecified atom stereocenters. The highest BCUT2D eigenvalue weighted by Gasteiger charge is 2.20. The molecule has 94 valence electrons. The molecule has 0 radical (unpaired) electrons. The van der Waals surface area contributed by atoms with Crippen LogP contribution in [-0.4, -0.2) is 17.9 Å². The maximum Gasteiger partial charge on any atom is 0.260 e. The predicted molar refractivity (Wildman–Crippen MR) is 75.7 cm³/mol. The molecule has 0 fully saturated rings. The van der Waals surface area contributed by atoms with Gasteiger partial charge in [0.05, 0.1) is 27.5 Å². The van der Waals surface area contributed by atoms with Crippen molar-refractivity contribution in [1.82, 2.24) is 4.98 Å². The Labute approximate surface area is 118 Å². The van der Waals surface area contributed by atoms with E-state index in [1.165, 1.54) is 11.1 Å². The van der Waals surface area contributed by atoms with Gasteiger partial charge in [-0.05, 0) is 12.1 Å². The van der Waals surface area contributed by atoms with Gasteiger partial charge in [-0.3, -0.25) is 9.78 Å². The van der Waals surface area contributed by atoms with Gasteiger partial charge in [0.15, 0.2) is 0 Å². The van der Waals surface area contributed by atoms with Crippen molar-refractivity contribution < 1.29 is 4.79 Å². The maximum atomic E-state index is 12.2. The van der Waals surface area contributed by atoms with Crippen molar-refractivity contribution in [2.75, 3.05) is 17.7 Å². The SMILES string of the molecule is CN(C(=O)c1cc(Cl)sc1Cl)c1ccncc1N. The van der Waals surface area contributed by atoms with Crippen LogP contribution in [0, 0.1) is 0 Å². The Morgan fingerprint density at radius 1 is 1.50 bits per heavy atom. The first kappa shape index (κ1) is 13.1. The molecule has 0 aliphatic carbocycles. The van der Waals surface area contributed by atoms with Crippen LogP contribution in [-0.2, 0) is 0 Å². The fourth-order valence-electron chi connectivity index (χ4n) is 1.48. The molecular formula is C11H9Cl2N3OS. The summed E-state index contributed by atoms with van der Waals surface area (Å²) in [6.45, 7) is 0. The maximum absolute atomic E-state index is 12.2. The summed E-state index contributed by atoms with van der Waals surface area (Å²) in [4.78, 5) is 17.5. The van der Waals surface area contributed by atoms with Crippen LogP contribution in [0.5, 0.6) is 0 Å².